The predicted octanol–water partition coefficient (Wildman–Crippen LogP) is -0.116. The van der Waals surface area contributed by atoms with E-state index in [1.54, 1.807) is 6.26 Å². The van der Waals surface area contributed by atoms with Crippen LogP contribution < -0.4 is 11.2 Å². The van der Waals surface area contributed by atoms with Crippen LogP contribution in [0.15, 0.2) is 10.1 Å². The van der Waals surface area contributed by atoms with Crippen LogP contribution in [0.25, 0.3) is 0 Å². The summed E-state index contributed by atoms with van der Waals surface area (Å²) in [6, 6.07) is 1.95. The Morgan fingerprint density at radius 2 is 2.43 bits per heavy atom. The summed E-state index contributed by atoms with van der Waals surface area (Å²) in [7, 11) is 0. The van der Waals surface area contributed by atoms with E-state index in [1.807, 2.05) is 6.07 Å². The van der Waals surface area contributed by atoms with Gasteiger partial charge in [-0.1, -0.05) is 11.8 Å². The first-order chi connectivity index (χ1) is 9.97. The number of carbonyl (C=O) groups is 2. The van der Waals surface area contributed by atoms with Crippen LogP contribution in [-0.2, 0) is 9.59 Å². The van der Waals surface area contributed by atoms with E-state index in [-0.39, 0.29) is 23.0 Å². The average Bonchev–Trinajstić information content (AvgIpc) is 2.77. The predicted molar refractivity (Wildman–Crippen MR) is 77.7 cm³/mol. The van der Waals surface area contributed by atoms with E-state index in [9.17, 15) is 9.59 Å². The van der Waals surface area contributed by atoms with E-state index >= 15 is 0 Å². The number of anilines is 1. The van der Waals surface area contributed by atoms with Crippen LogP contribution in [0.1, 0.15) is 12.0 Å². The number of carbonyl (C=O) groups excluding carboxylic acids is 1. The number of aliphatic carboxylic acids is 1. The third kappa shape index (κ3) is 2.96. The number of nitrogens with zero attached hydrogens (tertiary/aromatic N) is 4. The first-order valence-corrected chi connectivity index (χ1v) is 7.67. The largest absolute Gasteiger partial charge is 0.481 e. The molecule has 0 spiro atoms. The molecule has 1 aromatic rings. The Balaban J connectivity index is 2.35. The lowest BCUT2D eigenvalue weighted by atomic mass is 10.3. The summed E-state index contributed by atoms with van der Waals surface area (Å²) in [5, 5.41) is 25.6. The smallest absolute Gasteiger partial charge is 0.305 e. The van der Waals surface area contributed by atoms with Gasteiger partial charge in [0, 0.05) is 0 Å². The van der Waals surface area contributed by atoms with Crippen molar-refractivity contribution in [2.45, 2.75) is 16.7 Å². The summed E-state index contributed by atoms with van der Waals surface area (Å²) < 4.78 is 1.23. The molecule has 1 atom stereocenters. The number of amides is 1. The zero-order valence-electron chi connectivity index (χ0n) is 10.7. The van der Waals surface area contributed by atoms with Gasteiger partial charge >= 0.3 is 5.97 Å². The summed E-state index contributed by atoms with van der Waals surface area (Å²) in [5.41, 5.74) is 8.30. The number of rotatable bonds is 3. The lowest BCUT2D eigenvalue weighted by molar-refractivity contribution is -0.138. The highest BCUT2D eigenvalue weighted by atomic mass is 32.2. The Kier molecular flexibility index (Phi) is 4.39. The number of nitrogens with one attached hydrogen (secondary N) is 1. The minimum atomic E-state index is -1.10. The van der Waals surface area contributed by atoms with Gasteiger partial charge < -0.3 is 10.8 Å². The van der Waals surface area contributed by atoms with Crippen molar-refractivity contribution in [3.8, 4) is 6.07 Å². The van der Waals surface area contributed by atoms with Crippen molar-refractivity contribution < 1.29 is 14.7 Å². The highest BCUT2D eigenvalue weighted by Crippen LogP contribution is 2.28. The van der Waals surface area contributed by atoms with Crippen molar-refractivity contribution >= 4 is 46.4 Å². The molecule has 1 aromatic heterocycles. The molecule has 0 fully saturated rings. The quantitative estimate of drug-likeness (QED) is 0.652. The van der Waals surface area contributed by atoms with Crippen molar-refractivity contribution in [1.29, 1.82) is 5.26 Å². The summed E-state index contributed by atoms with van der Waals surface area (Å²) in [6.45, 7) is 0. The van der Waals surface area contributed by atoms with Gasteiger partial charge in [-0.2, -0.15) is 15.0 Å². The highest BCUT2D eigenvalue weighted by molar-refractivity contribution is 8.15. The number of carboxylic acids is 1. The molecule has 1 amide bonds. The van der Waals surface area contributed by atoms with Crippen molar-refractivity contribution in [2.75, 3.05) is 12.0 Å². The van der Waals surface area contributed by atoms with Gasteiger partial charge in [0.15, 0.2) is 0 Å². The molecule has 0 bridgehead atoms. The van der Waals surface area contributed by atoms with E-state index in [0.29, 0.717) is 5.03 Å². The Morgan fingerprint density at radius 3 is 2.95 bits per heavy atom. The summed E-state index contributed by atoms with van der Waals surface area (Å²) in [5.74, 6) is -1.50. The number of hydrogen-bond donors (Lipinski definition) is 3. The van der Waals surface area contributed by atoms with Crippen molar-refractivity contribution in [3.63, 3.8) is 0 Å². The number of nitrogens with two attached hydrogens (primary N) is 1. The van der Waals surface area contributed by atoms with Crippen LogP contribution in [0.3, 0.4) is 0 Å². The van der Waals surface area contributed by atoms with Crippen LogP contribution >= 0.6 is 23.5 Å². The number of hydrogen-bond acceptors (Lipinski definition) is 8. The number of carboxylic acid groups (broad SMARTS) is 1. The maximum atomic E-state index is 11.6. The summed E-state index contributed by atoms with van der Waals surface area (Å²) >= 11 is 2.19. The van der Waals surface area contributed by atoms with Gasteiger partial charge in [-0.15, -0.1) is 16.9 Å². The zero-order valence-corrected chi connectivity index (χ0v) is 12.4. The van der Waals surface area contributed by atoms with Crippen LogP contribution in [-0.4, -0.2) is 43.4 Å². The highest BCUT2D eigenvalue weighted by Gasteiger charge is 2.31. The van der Waals surface area contributed by atoms with E-state index in [1.165, 1.54) is 16.4 Å². The molecule has 110 valence electrons. The molecule has 1 unspecified atom stereocenters. The van der Waals surface area contributed by atoms with Gasteiger partial charge in [-0.3, -0.25) is 9.59 Å². The number of thioether (sulfide) groups is 2. The SMILES string of the molecule is CSc1nn(C2=NNC(=O)C(CC(=O)O)S2)c(N)c1C#N. The molecule has 2 heterocycles. The standard InChI is InChI=1S/C10H10N6O3S2/c1-20-9-4(3-11)7(12)16(15-9)10-14-13-8(19)5(21-10)2-6(17)18/h5H,2,12H2,1H3,(H,13,19)(H,17,18). The monoisotopic (exact) mass is 326 g/mol. The molecule has 0 saturated heterocycles. The zero-order chi connectivity index (χ0) is 15.6. The number of aromatic nitrogens is 2. The molecule has 1 aliphatic rings. The molecular weight excluding hydrogens is 316 g/mol. The van der Waals surface area contributed by atoms with E-state index in [4.69, 9.17) is 16.1 Å². The normalized spacial score (nSPS) is 17.8. The Morgan fingerprint density at radius 1 is 1.71 bits per heavy atom. The second kappa shape index (κ2) is 6.06. The lowest BCUT2D eigenvalue weighted by Crippen LogP contribution is -2.38. The van der Waals surface area contributed by atoms with Crippen LogP contribution in [0.2, 0.25) is 0 Å². The molecule has 0 saturated carbocycles. The molecule has 1 aliphatic heterocycles. The van der Waals surface area contributed by atoms with Gasteiger partial charge in [0.2, 0.25) is 5.17 Å². The minimum absolute atomic E-state index is 0.0957. The third-order valence-corrected chi connectivity index (χ3v) is 4.35. The maximum Gasteiger partial charge on any atom is 0.305 e. The van der Waals surface area contributed by atoms with Crippen LogP contribution in [0, 0.1) is 11.3 Å². The molecule has 11 heteroatoms. The lowest BCUT2D eigenvalue weighted by Gasteiger charge is -2.19. The molecule has 0 aliphatic carbocycles. The van der Waals surface area contributed by atoms with Gasteiger partial charge in [0.25, 0.3) is 5.91 Å². The Labute approximate surface area is 127 Å². The van der Waals surface area contributed by atoms with E-state index < -0.39 is 17.1 Å². The topological polar surface area (TPSA) is 146 Å². The Hall–Kier alpha value is -2.19. The fourth-order valence-corrected chi connectivity index (χ4v) is 3.07. The van der Waals surface area contributed by atoms with E-state index in [0.717, 1.165) is 11.8 Å². The summed E-state index contributed by atoms with van der Waals surface area (Å²) in [4.78, 5) is 22.3. The van der Waals surface area contributed by atoms with Gasteiger partial charge in [0.05, 0.1) is 6.42 Å². The second-order valence-corrected chi connectivity index (χ2v) is 5.83. The average molecular weight is 326 g/mol. The number of hydrazone groups is 1. The molecule has 2 rings (SSSR count). The second-order valence-electron chi connectivity index (χ2n) is 3.87. The van der Waals surface area contributed by atoms with Crippen molar-refractivity contribution in [2.24, 2.45) is 5.10 Å². The molecule has 21 heavy (non-hydrogen) atoms. The molecular formula is C10H10N6O3S2. The first-order valence-electron chi connectivity index (χ1n) is 5.56. The van der Waals surface area contributed by atoms with Crippen molar-refractivity contribution in [3.05, 3.63) is 5.56 Å². The fourth-order valence-electron chi connectivity index (χ4n) is 1.58. The van der Waals surface area contributed by atoms with Gasteiger partial charge in [-0.25, -0.2) is 5.43 Å². The number of nitriles is 1. The molecule has 0 aromatic carbocycles. The first kappa shape index (κ1) is 15.2. The molecule has 4 N–H and O–H groups in total. The molecule has 9 nitrogen and oxygen atoms in total. The van der Waals surface area contributed by atoms with Gasteiger partial charge in [-0.05, 0) is 6.26 Å². The Bertz CT molecular complexity index is 677. The van der Waals surface area contributed by atoms with Crippen LogP contribution in [0.5, 0.6) is 0 Å². The summed E-state index contributed by atoms with van der Waals surface area (Å²) in [6.07, 6.45) is 1.40. The minimum Gasteiger partial charge on any atom is -0.481 e. The van der Waals surface area contributed by atoms with Crippen LogP contribution in [0.4, 0.5) is 5.82 Å². The third-order valence-electron chi connectivity index (χ3n) is 2.54. The number of nitrogen functional groups attached to an aromatic ring is 1. The fraction of sp³-hybridized carbons (Fsp3) is 0.300. The van der Waals surface area contributed by atoms with Crippen molar-refractivity contribution in [1.82, 2.24) is 15.2 Å². The maximum absolute atomic E-state index is 11.6. The molecule has 0 radical (unpaired) electrons. The van der Waals surface area contributed by atoms with E-state index in [2.05, 4.69) is 15.6 Å². The van der Waals surface area contributed by atoms with Gasteiger partial charge in [0.1, 0.15) is 27.7 Å².